The van der Waals surface area contributed by atoms with Gasteiger partial charge in [-0.3, -0.25) is 0 Å². The van der Waals surface area contributed by atoms with Gasteiger partial charge in [0.2, 0.25) is 0 Å². The molecule has 1 heterocycles. The molecule has 1 atom stereocenters. The van der Waals surface area contributed by atoms with Crippen molar-refractivity contribution in [1.82, 2.24) is 4.98 Å². The Morgan fingerprint density at radius 1 is 1.47 bits per heavy atom. The molecule has 3 nitrogen and oxygen atoms in total. The Morgan fingerprint density at radius 2 is 2.27 bits per heavy atom. The number of nitrogens with one attached hydrogen (secondary N) is 1. The third-order valence-electron chi connectivity index (χ3n) is 2.70. The Kier molecular flexibility index (Phi) is 2.75. The SMILES string of the molecule is Cc1cc(C(O)CCN)cc2cc[nH]c12. The van der Waals surface area contributed by atoms with E-state index in [0.717, 1.165) is 22.0 Å². The van der Waals surface area contributed by atoms with Gasteiger partial charge in [-0.15, -0.1) is 0 Å². The van der Waals surface area contributed by atoms with Crippen LogP contribution in [0.15, 0.2) is 24.4 Å². The largest absolute Gasteiger partial charge is 0.388 e. The lowest BCUT2D eigenvalue weighted by Gasteiger charge is -2.11. The molecule has 2 aromatic rings. The van der Waals surface area contributed by atoms with Crippen LogP contribution in [-0.2, 0) is 0 Å². The van der Waals surface area contributed by atoms with Gasteiger partial charge >= 0.3 is 0 Å². The molecule has 0 spiro atoms. The summed E-state index contributed by atoms with van der Waals surface area (Å²) in [4.78, 5) is 3.18. The van der Waals surface area contributed by atoms with Gasteiger partial charge in [-0.2, -0.15) is 0 Å². The minimum absolute atomic E-state index is 0.451. The van der Waals surface area contributed by atoms with E-state index in [-0.39, 0.29) is 0 Å². The van der Waals surface area contributed by atoms with E-state index in [0.29, 0.717) is 13.0 Å². The summed E-state index contributed by atoms with van der Waals surface area (Å²) in [5.74, 6) is 0. The minimum Gasteiger partial charge on any atom is -0.388 e. The first kappa shape index (κ1) is 10.2. The Hall–Kier alpha value is -1.32. The molecule has 80 valence electrons. The number of H-pyrrole nitrogens is 1. The van der Waals surface area contributed by atoms with E-state index in [1.54, 1.807) is 0 Å². The van der Waals surface area contributed by atoms with Gasteiger partial charge < -0.3 is 15.8 Å². The van der Waals surface area contributed by atoms with Gasteiger partial charge in [0.1, 0.15) is 0 Å². The zero-order chi connectivity index (χ0) is 10.8. The van der Waals surface area contributed by atoms with E-state index in [1.165, 1.54) is 0 Å². The Balaban J connectivity index is 2.44. The standard InChI is InChI=1S/C12H16N2O/c1-8-6-10(11(15)2-4-13)7-9-3-5-14-12(8)9/h3,5-7,11,14-15H,2,4,13H2,1H3. The van der Waals surface area contributed by atoms with Gasteiger partial charge in [0.15, 0.2) is 0 Å². The fraction of sp³-hybridized carbons (Fsp3) is 0.333. The summed E-state index contributed by atoms with van der Waals surface area (Å²) in [6, 6.07) is 6.04. The maximum atomic E-state index is 9.85. The lowest BCUT2D eigenvalue weighted by molar-refractivity contribution is 0.170. The van der Waals surface area contributed by atoms with Crippen molar-refractivity contribution in [3.05, 3.63) is 35.5 Å². The summed E-state index contributed by atoms with van der Waals surface area (Å²) in [5, 5.41) is 11.0. The van der Waals surface area contributed by atoms with Crippen LogP contribution >= 0.6 is 0 Å². The van der Waals surface area contributed by atoms with Crippen molar-refractivity contribution in [2.75, 3.05) is 6.54 Å². The normalized spacial score (nSPS) is 13.3. The number of nitrogens with two attached hydrogens (primary N) is 1. The number of aryl methyl sites for hydroxylation is 1. The quantitative estimate of drug-likeness (QED) is 0.714. The number of aromatic amines is 1. The molecule has 0 radical (unpaired) electrons. The van der Waals surface area contributed by atoms with E-state index in [2.05, 4.69) is 4.98 Å². The molecule has 0 fully saturated rings. The number of aliphatic hydroxyl groups excluding tert-OH is 1. The molecular weight excluding hydrogens is 188 g/mol. The molecule has 0 aliphatic rings. The van der Waals surface area contributed by atoms with Crippen molar-refractivity contribution in [3.8, 4) is 0 Å². The minimum atomic E-state index is -0.451. The average Bonchev–Trinajstić information content (AvgIpc) is 2.66. The van der Waals surface area contributed by atoms with Gasteiger partial charge in [0.25, 0.3) is 0 Å². The van der Waals surface area contributed by atoms with Crippen LogP contribution in [0, 0.1) is 6.92 Å². The number of hydrogen-bond acceptors (Lipinski definition) is 2. The smallest absolute Gasteiger partial charge is 0.0802 e. The Morgan fingerprint density at radius 3 is 3.00 bits per heavy atom. The van der Waals surface area contributed by atoms with Crippen molar-refractivity contribution in [2.24, 2.45) is 5.73 Å². The molecule has 3 heteroatoms. The number of aromatic nitrogens is 1. The maximum absolute atomic E-state index is 9.85. The zero-order valence-corrected chi connectivity index (χ0v) is 8.83. The van der Waals surface area contributed by atoms with Crippen molar-refractivity contribution in [2.45, 2.75) is 19.4 Å². The Labute approximate surface area is 88.9 Å². The van der Waals surface area contributed by atoms with Gasteiger partial charge in [0.05, 0.1) is 6.10 Å². The van der Waals surface area contributed by atoms with E-state index in [4.69, 9.17) is 5.73 Å². The summed E-state index contributed by atoms with van der Waals surface area (Å²) in [5.41, 5.74) is 8.67. The maximum Gasteiger partial charge on any atom is 0.0802 e. The second kappa shape index (κ2) is 4.04. The highest BCUT2D eigenvalue weighted by Gasteiger charge is 2.09. The molecule has 0 saturated carbocycles. The molecule has 0 aliphatic heterocycles. The molecule has 0 bridgehead atoms. The molecule has 2 rings (SSSR count). The number of rotatable bonds is 3. The van der Waals surface area contributed by atoms with Crippen molar-refractivity contribution >= 4 is 10.9 Å². The molecule has 1 aromatic carbocycles. The van der Waals surface area contributed by atoms with Gasteiger partial charge in [-0.25, -0.2) is 0 Å². The van der Waals surface area contributed by atoms with Gasteiger partial charge in [-0.1, -0.05) is 6.07 Å². The number of hydrogen-bond donors (Lipinski definition) is 3. The van der Waals surface area contributed by atoms with Gasteiger partial charge in [-0.05, 0) is 48.5 Å². The van der Waals surface area contributed by atoms with Crippen LogP contribution < -0.4 is 5.73 Å². The molecule has 0 saturated heterocycles. The monoisotopic (exact) mass is 204 g/mol. The van der Waals surface area contributed by atoms with E-state index in [1.807, 2.05) is 31.3 Å². The zero-order valence-electron chi connectivity index (χ0n) is 8.83. The third kappa shape index (κ3) is 1.89. The molecule has 1 unspecified atom stereocenters. The second-order valence-corrected chi connectivity index (χ2v) is 3.87. The van der Waals surface area contributed by atoms with Crippen LogP contribution in [0.1, 0.15) is 23.7 Å². The molecule has 0 aliphatic carbocycles. The highest BCUT2D eigenvalue weighted by atomic mass is 16.3. The molecule has 0 amide bonds. The van der Waals surface area contributed by atoms with Gasteiger partial charge in [0, 0.05) is 11.7 Å². The molecule has 15 heavy (non-hydrogen) atoms. The van der Waals surface area contributed by atoms with Crippen LogP contribution in [0.2, 0.25) is 0 Å². The second-order valence-electron chi connectivity index (χ2n) is 3.87. The first-order chi connectivity index (χ1) is 7.22. The van der Waals surface area contributed by atoms with Crippen LogP contribution in [0.25, 0.3) is 10.9 Å². The first-order valence-corrected chi connectivity index (χ1v) is 5.18. The lowest BCUT2D eigenvalue weighted by Crippen LogP contribution is -2.06. The van der Waals surface area contributed by atoms with Crippen LogP contribution in [-0.4, -0.2) is 16.6 Å². The molecule has 1 aromatic heterocycles. The van der Waals surface area contributed by atoms with Crippen molar-refractivity contribution in [1.29, 1.82) is 0 Å². The fourth-order valence-electron chi connectivity index (χ4n) is 1.90. The lowest BCUT2D eigenvalue weighted by atomic mass is 10.0. The summed E-state index contributed by atoms with van der Waals surface area (Å²) < 4.78 is 0. The van der Waals surface area contributed by atoms with E-state index >= 15 is 0 Å². The highest BCUT2D eigenvalue weighted by Crippen LogP contribution is 2.24. The summed E-state index contributed by atoms with van der Waals surface area (Å²) >= 11 is 0. The average molecular weight is 204 g/mol. The molecule has 4 N–H and O–H groups in total. The first-order valence-electron chi connectivity index (χ1n) is 5.18. The summed E-state index contributed by atoms with van der Waals surface area (Å²) in [6.07, 6.45) is 2.07. The van der Waals surface area contributed by atoms with Crippen molar-refractivity contribution < 1.29 is 5.11 Å². The Bertz CT molecular complexity index is 462. The summed E-state index contributed by atoms with van der Waals surface area (Å²) in [7, 11) is 0. The fourth-order valence-corrected chi connectivity index (χ4v) is 1.90. The van der Waals surface area contributed by atoms with E-state index in [9.17, 15) is 5.11 Å². The number of fused-ring (bicyclic) bond motifs is 1. The van der Waals surface area contributed by atoms with Crippen molar-refractivity contribution in [3.63, 3.8) is 0 Å². The predicted molar refractivity (Wildman–Crippen MR) is 61.7 cm³/mol. The number of benzene rings is 1. The van der Waals surface area contributed by atoms with Crippen LogP contribution in [0.4, 0.5) is 0 Å². The molecular formula is C12H16N2O. The predicted octanol–water partition coefficient (Wildman–Crippen LogP) is 1.86. The highest BCUT2D eigenvalue weighted by molar-refractivity contribution is 5.83. The topological polar surface area (TPSA) is 62.0 Å². The number of aliphatic hydroxyl groups is 1. The summed E-state index contributed by atoms with van der Waals surface area (Å²) in [6.45, 7) is 2.54. The third-order valence-corrected chi connectivity index (χ3v) is 2.70. The van der Waals surface area contributed by atoms with Crippen LogP contribution in [0.5, 0.6) is 0 Å². The van der Waals surface area contributed by atoms with E-state index < -0.39 is 6.10 Å². The van der Waals surface area contributed by atoms with Crippen LogP contribution in [0.3, 0.4) is 0 Å².